The standard InChI is InChI=1S/C22H18F4N2O3S/c1-32(30,31)17-7-8-18(14-5-3-2-4-6-14)21(23,10-17)20(29)28-12-15-9-16(22(24,25)26)11-27-19(15)13-28/h2-11,18H,12-13H2,1H3. The van der Waals surface area contributed by atoms with Crippen LogP contribution in [0, 0.1) is 0 Å². The molecule has 0 saturated heterocycles. The molecule has 1 aliphatic heterocycles. The molecule has 2 unspecified atom stereocenters. The zero-order chi connectivity index (χ0) is 23.3. The van der Waals surface area contributed by atoms with Crippen molar-refractivity contribution in [1.29, 1.82) is 0 Å². The molecule has 0 radical (unpaired) electrons. The third kappa shape index (κ3) is 3.94. The van der Waals surface area contributed by atoms with E-state index in [0.29, 0.717) is 11.8 Å². The lowest BCUT2D eigenvalue weighted by Gasteiger charge is -2.34. The van der Waals surface area contributed by atoms with Gasteiger partial charge in [0.2, 0.25) is 5.67 Å². The molecule has 1 aromatic carbocycles. The van der Waals surface area contributed by atoms with Crippen molar-refractivity contribution in [3.63, 3.8) is 0 Å². The molecule has 5 nitrogen and oxygen atoms in total. The average Bonchev–Trinajstić information content (AvgIpc) is 3.15. The average molecular weight is 466 g/mol. The van der Waals surface area contributed by atoms with E-state index in [1.54, 1.807) is 30.3 Å². The summed E-state index contributed by atoms with van der Waals surface area (Å²) in [5.74, 6) is -2.15. The first-order valence-electron chi connectivity index (χ1n) is 9.59. The van der Waals surface area contributed by atoms with Crippen molar-refractivity contribution in [3.05, 3.63) is 88.1 Å². The largest absolute Gasteiger partial charge is 0.417 e. The lowest BCUT2D eigenvalue weighted by molar-refractivity contribution is -0.142. The third-order valence-corrected chi connectivity index (χ3v) is 6.66. The SMILES string of the molecule is CS(=O)(=O)C1=CC(F)(C(=O)N2Cc3cc(C(F)(F)F)cnc3C2)C(c2ccccc2)C=C1. The Morgan fingerprint density at radius 2 is 1.88 bits per heavy atom. The van der Waals surface area contributed by atoms with Crippen molar-refractivity contribution in [3.8, 4) is 0 Å². The van der Waals surface area contributed by atoms with Crippen LogP contribution in [0.25, 0.3) is 0 Å². The van der Waals surface area contributed by atoms with E-state index in [-0.39, 0.29) is 29.3 Å². The van der Waals surface area contributed by atoms with Gasteiger partial charge in [-0.25, -0.2) is 12.8 Å². The fourth-order valence-electron chi connectivity index (χ4n) is 3.92. The minimum atomic E-state index is -4.60. The van der Waals surface area contributed by atoms with Gasteiger partial charge in [0.05, 0.1) is 22.7 Å². The molecule has 0 N–H and O–H groups in total. The van der Waals surface area contributed by atoms with Crippen LogP contribution in [-0.4, -0.2) is 36.1 Å². The number of fused-ring (bicyclic) bond motifs is 1. The lowest BCUT2D eigenvalue weighted by atomic mass is 9.79. The van der Waals surface area contributed by atoms with Crippen molar-refractivity contribution in [1.82, 2.24) is 9.88 Å². The lowest BCUT2D eigenvalue weighted by Crippen LogP contribution is -2.47. The molecule has 0 fully saturated rings. The summed E-state index contributed by atoms with van der Waals surface area (Å²) in [6, 6.07) is 9.18. The number of alkyl halides is 4. The number of hydrogen-bond donors (Lipinski definition) is 0. The van der Waals surface area contributed by atoms with Gasteiger partial charge < -0.3 is 4.90 Å². The normalized spacial score (nSPS) is 23.1. The third-order valence-electron chi connectivity index (χ3n) is 5.55. The number of halogens is 4. The highest BCUT2D eigenvalue weighted by atomic mass is 32.2. The number of aromatic nitrogens is 1. The quantitative estimate of drug-likeness (QED) is 0.643. The molecule has 0 saturated carbocycles. The second-order valence-corrected chi connectivity index (χ2v) is 9.84. The second kappa shape index (κ2) is 7.54. The first-order chi connectivity index (χ1) is 14.9. The number of hydrogen-bond acceptors (Lipinski definition) is 4. The Morgan fingerprint density at radius 3 is 2.50 bits per heavy atom. The molecule has 1 aromatic heterocycles. The number of allylic oxidation sites excluding steroid dienone is 2. The van der Waals surface area contributed by atoms with Gasteiger partial charge in [-0.1, -0.05) is 36.4 Å². The monoisotopic (exact) mass is 466 g/mol. The summed E-state index contributed by atoms with van der Waals surface area (Å²) in [5.41, 5.74) is -2.83. The first-order valence-corrected chi connectivity index (χ1v) is 11.5. The van der Waals surface area contributed by atoms with Gasteiger partial charge in [0.25, 0.3) is 5.91 Å². The highest BCUT2D eigenvalue weighted by Crippen LogP contribution is 2.42. The predicted octanol–water partition coefficient (Wildman–Crippen LogP) is 3.93. The van der Waals surface area contributed by atoms with Crippen LogP contribution in [0.5, 0.6) is 0 Å². The molecule has 10 heteroatoms. The minimum absolute atomic E-state index is 0.173. The van der Waals surface area contributed by atoms with Gasteiger partial charge >= 0.3 is 6.18 Å². The number of nitrogens with zero attached hydrogens (tertiary/aromatic N) is 2. The molecule has 4 rings (SSSR count). The van der Waals surface area contributed by atoms with E-state index in [9.17, 15) is 26.4 Å². The summed E-state index contributed by atoms with van der Waals surface area (Å²) in [5, 5.41) is 0. The van der Waals surface area contributed by atoms with Gasteiger partial charge in [-0.3, -0.25) is 9.78 Å². The zero-order valence-corrected chi connectivity index (χ0v) is 17.6. The van der Waals surface area contributed by atoms with E-state index in [1.165, 1.54) is 12.2 Å². The number of pyridine rings is 1. The van der Waals surface area contributed by atoms with Gasteiger partial charge in [-0.15, -0.1) is 0 Å². The van der Waals surface area contributed by atoms with E-state index in [2.05, 4.69) is 4.98 Å². The van der Waals surface area contributed by atoms with E-state index < -0.39 is 39.1 Å². The number of benzene rings is 1. The molecule has 1 aliphatic carbocycles. The fourth-order valence-corrected chi connectivity index (χ4v) is 4.63. The molecule has 2 atom stereocenters. The highest BCUT2D eigenvalue weighted by molar-refractivity contribution is 7.94. The highest BCUT2D eigenvalue weighted by Gasteiger charge is 2.50. The summed E-state index contributed by atoms with van der Waals surface area (Å²) in [6.07, 6.45) is 0.363. The molecular weight excluding hydrogens is 448 g/mol. The zero-order valence-electron chi connectivity index (χ0n) is 16.8. The van der Waals surface area contributed by atoms with E-state index in [0.717, 1.165) is 23.3 Å². The van der Waals surface area contributed by atoms with Crippen LogP contribution < -0.4 is 0 Å². The number of carbonyl (C=O) groups excluding carboxylic acids is 1. The van der Waals surface area contributed by atoms with Crippen LogP contribution >= 0.6 is 0 Å². The first kappa shape index (κ1) is 22.2. The van der Waals surface area contributed by atoms with Crippen molar-refractivity contribution in [2.75, 3.05) is 6.26 Å². The maximum Gasteiger partial charge on any atom is 0.417 e. The van der Waals surface area contributed by atoms with E-state index >= 15 is 4.39 Å². The van der Waals surface area contributed by atoms with Crippen LogP contribution in [0.1, 0.15) is 28.3 Å². The van der Waals surface area contributed by atoms with E-state index in [4.69, 9.17) is 0 Å². The molecule has 0 bridgehead atoms. The molecular formula is C22H18F4N2O3S. The van der Waals surface area contributed by atoms with Crippen LogP contribution in [0.4, 0.5) is 17.6 Å². The van der Waals surface area contributed by atoms with Crippen molar-refractivity contribution < 1.29 is 30.8 Å². The molecule has 2 aliphatic rings. The summed E-state index contributed by atoms with van der Waals surface area (Å²) >= 11 is 0. The molecule has 2 heterocycles. The number of sulfone groups is 1. The summed E-state index contributed by atoms with van der Waals surface area (Å²) in [7, 11) is -3.81. The van der Waals surface area contributed by atoms with Crippen LogP contribution in [0.3, 0.4) is 0 Å². The van der Waals surface area contributed by atoms with Gasteiger partial charge in [0.15, 0.2) is 9.84 Å². The van der Waals surface area contributed by atoms with E-state index in [1.807, 2.05) is 0 Å². The summed E-state index contributed by atoms with van der Waals surface area (Å²) in [4.78, 5) is 17.9. The Kier molecular flexibility index (Phi) is 5.23. The predicted molar refractivity (Wildman–Crippen MR) is 109 cm³/mol. The van der Waals surface area contributed by atoms with Crippen molar-refractivity contribution >= 4 is 15.7 Å². The van der Waals surface area contributed by atoms with Gasteiger partial charge in [0.1, 0.15) is 0 Å². The Morgan fingerprint density at radius 1 is 1.19 bits per heavy atom. The Hall–Kier alpha value is -3.01. The van der Waals surface area contributed by atoms with Crippen LogP contribution in [0.2, 0.25) is 0 Å². The van der Waals surface area contributed by atoms with Gasteiger partial charge in [0, 0.05) is 24.9 Å². The molecule has 32 heavy (non-hydrogen) atoms. The maximum atomic E-state index is 16.5. The minimum Gasteiger partial charge on any atom is -0.329 e. The van der Waals surface area contributed by atoms with Crippen molar-refractivity contribution in [2.24, 2.45) is 0 Å². The molecule has 1 amide bonds. The smallest absolute Gasteiger partial charge is 0.329 e. The Balaban J connectivity index is 1.72. The fraction of sp³-hybridized carbons (Fsp3) is 0.273. The maximum absolute atomic E-state index is 16.5. The Bertz CT molecular complexity index is 1240. The Labute approximate surface area is 182 Å². The molecule has 2 aromatic rings. The number of rotatable bonds is 3. The number of carbonyl (C=O) groups is 1. The summed E-state index contributed by atoms with van der Waals surface area (Å²) < 4.78 is 79.6. The van der Waals surface area contributed by atoms with Crippen LogP contribution in [0.15, 0.2) is 65.7 Å². The van der Waals surface area contributed by atoms with Gasteiger partial charge in [-0.05, 0) is 29.3 Å². The number of amides is 1. The topological polar surface area (TPSA) is 67.3 Å². The van der Waals surface area contributed by atoms with Gasteiger partial charge in [-0.2, -0.15) is 13.2 Å². The molecule has 0 spiro atoms. The molecule has 168 valence electrons. The summed E-state index contributed by atoms with van der Waals surface area (Å²) in [6.45, 7) is -0.435. The van der Waals surface area contributed by atoms with Crippen LogP contribution in [-0.2, 0) is 33.9 Å². The second-order valence-electron chi connectivity index (χ2n) is 7.82. The van der Waals surface area contributed by atoms with Crippen molar-refractivity contribution in [2.45, 2.75) is 30.9 Å².